The highest BCUT2D eigenvalue weighted by molar-refractivity contribution is 7.09. The molecule has 1 aromatic carbocycles. The van der Waals surface area contributed by atoms with Crippen molar-refractivity contribution in [1.29, 1.82) is 0 Å². The van der Waals surface area contributed by atoms with Crippen molar-refractivity contribution in [2.45, 2.75) is 19.9 Å². The fourth-order valence-corrected chi connectivity index (χ4v) is 2.25. The molecule has 0 saturated carbocycles. The Balaban J connectivity index is 1.92. The summed E-state index contributed by atoms with van der Waals surface area (Å²) in [4.78, 5) is 14.8. The number of nitrogens with zero attached hydrogens (tertiary/aromatic N) is 1. The molecule has 0 aliphatic heterocycles. The molecule has 0 bridgehead atoms. The molecule has 5 heteroatoms. The largest absolute Gasteiger partial charge is 0.481 e. The van der Waals surface area contributed by atoms with Crippen LogP contribution in [0.25, 0.3) is 0 Å². The number of benzene rings is 1. The summed E-state index contributed by atoms with van der Waals surface area (Å²) in [5.41, 5.74) is 2.88. The molecule has 1 heterocycles. The van der Waals surface area contributed by atoms with E-state index in [0.717, 1.165) is 10.7 Å². The molecule has 0 saturated heterocycles. The standard InChI is InChI=1S/C13H14N2O2S/c1-9-2-4-10(5-3-9)14-7-12-15-11(8-18-12)6-13(16)17/h2-5,8,14H,6-7H2,1H3,(H,16,17). The number of aliphatic carboxylic acids is 1. The lowest BCUT2D eigenvalue weighted by Crippen LogP contribution is -2.02. The van der Waals surface area contributed by atoms with Crippen molar-refractivity contribution >= 4 is 23.0 Å². The summed E-state index contributed by atoms with van der Waals surface area (Å²) in [5.74, 6) is -0.849. The van der Waals surface area contributed by atoms with E-state index >= 15 is 0 Å². The van der Waals surface area contributed by atoms with Gasteiger partial charge in [0.2, 0.25) is 0 Å². The van der Waals surface area contributed by atoms with Crippen molar-refractivity contribution in [3.05, 3.63) is 45.9 Å². The average molecular weight is 262 g/mol. The Morgan fingerprint density at radius 1 is 1.39 bits per heavy atom. The molecule has 0 fully saturated rings. The van der Waals surface area contributed by atoms with Crippen LogP contribution in [0.3, 0.4) is 0 Å². The third-order valence-electron chi connectivity index (χ3n) is 2.43. The zero-order valence-corrected chi connectivity index (χ0v) is 10.8. The lowest BCUT2D eigenvalue weighted by molar-refractivity contribution is -0.136. The molecule has 18 heavy (non-hydrogen) atoms. The molecule has 0 aliphatic rings. The molecule has 0 spiro atoms. The summed E-state index contributed by atoms with van der Waals surface area (Å²) < 4.78 is 0. The van der Waals surface area contributed by atoms with E-state index in [1.807, 2.05) is 31.2 Å². The molecular formula is C13H14N2O2S. The Morgan fingerprint density at radius 3 is 2.78 bits per heavy atom. The molecule has 0 atom stereocenters. The normalized spacial score (nSPS) is 10.3. The fourth-order valence-electron chi connectivity index (χ4n) is 1.52. The van der Waals surface area contributed by atoms with Crippen molar-refractivity contribution in [3.8, 4) is 0 Å². The van der Waals surface area contributed by atoms with Gasteiger partial charge < -0.3 is 10.4 Å². The number of rotatable bonds is 5. The van der Waals surface area contributed by atoms with Crippen LogP contribution in [0, 0.1) is 6.92 Å². The average Bonchev–Trinajstić information content (AvgIpc) is 2.75. The van der Waals surface area contributed by atoms with Gasteiger partial charge >= 0.3 is 5.97 Å². The first-order valence-electron chi connectivity index (χ1n) is 5.59. The van der Waals surface area contributed by atoms with Crippen LogP contribution in [-0.2, 0) is 17.8 Å². The number of aromatic nitrogens is 1. The molecule has 2 rings (SSSR count). The number of carboxylic acid groups (broad SMARTS) is 1. The minimum Gasteiger partial charge on any atom is -0.481 e. The molecule has 1 aromatic heterocycles. The first-order valence-corrected chi connectivity index (χ1v) is 6.47. The second kappa shape index (κ2) is 5.64. The van der Waals surface area contributed by atoms with Gasteiger partial charge in [-0.1, -0.05) is 17.7 Å². The van der Waals surface area contributed by atoms with Gasteiger partial charge in [0.25, 0.3) is 0 Å². The number of hydrogen-bond acceptors (Lipinski definition) is 4. The number of anilines is 1. The quantitative estimate of drug-likeness (QED) is 0.869. The van der Waals surface area contributed by atoms with Crippen LogP contribution in [0.5, 0.6) is 0 Å². The van der Waals surface area contributed by atoms with E-state index in [-0.39, 0.29) is 6.42 Å². The monoisotopic (exact) mass is 262 g/mol. The van der Waals surface area contributed by atoms with Crippen molar-refractivity contribution in [3.63, 3.8) is 0 Å². The molecule has 4 nitrogen and oxygen atoms in total. The maximum Gasteiger partial charge on any atom is 0.309 e. The summed E-state index contributed by atoms with van der Waals surface area (Å²) in [6, 6.07) is 8.11. The zero-order valence-electron chi connectivity index (χ0n) is 10.0. The van der Waals surface area contributed by atoms with Gasteiger partial charge in [-0.05, 0) is 19.1 Å². The summed E-state index contributed by atoms with van der Waals surface area (Å²) in [6.07, 6.45) is -0.0129. The maximum absolute atomic E-state index is 10.5. The number of aryl methyl sites for hydroxylation is 1. The molecule has 0 aliphatic carbocycles. The molecular weight excluding hydrogens is 248 g/mol. The van der Waals surface area contributed by atoms with E-state index < -0.39 is 5.97 Å². The Morgan fingerprint density at radius 2 is 2.11 bits per heavy atom. The van der Waals surface area contributed by atoms with E-state index in [2.05, 4.69) is 10.3 Å². The zero-order chi connectivity index (χ0) is 13.0. The maximum atomic E-state index is 10.5. The predicted octanol–water partition coefficient (Wildman–Crippen LogP) is 2.69. The van der Waals surface area contributed by atoms with E-state index in [0.29, 0.717) is 12.2 Å². The molecule has 2 N–H and O–H groups in total. The lowest BCUT2D eigenvalue weighted by Gasteiger charge is -2.04. The van der Waals surface area contributed by atoms with Gasteiger partial charge in [-0.25, -0.2) is 4.98 Å². The van der Waals surface area contributed by atoms with Crippen LogP contribution < -0.4 is 5.32 Å². The number of nitrogens with one attached hydrogen (secondary N) is 1. The molecule has 0 amide bonds. The van der Waals surface area contributed by atoms with Gasteiger partial charge in [0, 0.05) is 11.1 Å². The first-order chi connectivity index (χ1) is 8.63. The topological polar surface area (TPSA) is 62.2 Å². The van der Waals surface area contributed by atoms with Crippen LogP contribution in [0.15, 0.2) is 29.6 Å². The fraction of sp³-hybridized carbons (Fsp3) is 0.231. The van der Waals surface area contributed by atoms with Crippen molar-refractivity contribution in [2.75, 3.05) is 5.32 Å². The second-order valence-electron chi connectivity index (χ2n) is 4.02. The third kappa shape index (κ3) is 3.56. The van der Waals surface area contributed by atoms with E-state index in [9.17, 15) is 4.79 Å². The lowest BCUT2D eigenvalue weighted by atomic mass is 10.2. The Kier molecular flexibility index (Phi) is 3.94. The van der Waals surface area contributed by atoms with Crippen LogP contribution >= 0.6 is 11.3 Å². The van der Waals surface area contributed by atoms with Crippen molar-refractivity contribution in [2.24, 2.45) is 0 Å². The number of thiazole rings is 1. The van der Waals surface area contributed by atoms with Crippen LogP contribution in [-0.4, -0.2) is 16.1 Å². The van der Waals surface area contributed by atoms with Gasteiger partial charge in [-0.3, -0.25) is 4.79 Å². The van der Waals surface area contributed by atoms with E-state index in [1.54, 1.807) is 5.38 Å². The van der Waals surface area contributed by atoms with Gasteiger partial charge in [0.15, 0.2) is 0 Å². The second-order valence-corrected chi connectivity index (χ2v) is 4.97. The van der Waals surface area contributed by atoms with Gasteiger partial charge in [0.05, 0.1) is 18.7 Å². The molecule has 2 aromatic rings. The van der Waals surface area contributed by atoms with Crippen molar-refractivity contribution < 1.29 is 9.90 Å². The smallest absolute Gasteiger partial charge is 0.309 e. The first kappa shape index (κ1) is 12.6. The number of hydrogen-bond donors (Lipinski definition) is 2. The Labute approximate surface area is 109 Å². The van der Waals surface area contributed by atoms with Crippen LogP contribution in [0.1, 0.15) is 16.3 Å². The summed E-state index contributed by atoms with van der Waals surface area (Å²) in [6.45, 7) is 2.66. The highest BCUT2D eigenvalue weighted by atomic mass is 32.1. The van der Waals surface area contributed by atoms with Gasteiger partial charge in [0.1, 0.15) is 5.01 Å². The Hall–Kier alpha value is -1.88. The summed E-state index contributed by atoms with van der Waals surface area (Å²) in [5, 5.41) is 14.6. The third-order valence-corrected chi connectivity index (χ3v) is 3.32. The highest BCUT2D eigenvalue weighted by Gasteiger charge is 2.05. The summed E-state index contributed by atoms with van der Waals surface area (Å²) in [7, 11) is 0. The molecule has 0 unspecified atom stereocenters. The van der Waals surface area contributed by atoms with E-state index in [4.69, 9.17) is 5.11 Å². The van der Waals surface area contributed by atoms with Gasteiger partial charge in [-0.15, -0.1) is 11.3 Å². The molecule has 0 radical (unpaired) electrons. The Bertz CT molecular complexity index is 534. The number of carboxylic acids is 1. The minimum absolute atomic E-state index is 0.0129. The minimum atomic E-state index is -0.849. The molecule has 94 valence electrons. The van der Waals surface area contributed by atoms with Crippen LogP contribution in [0.4, 0.5) is 5.69 Å². The highest BCUT2D eigenvalue weighted by Crippen LogP contribution is 2.14. The summed E-state index contributed by atoms with van der Waals surface area (Å²) >= 11 is 1.48. The predicted molar refractivity (Wildman–Crippen MR) is 72.0 cm³/mol. The van der Waals surface area contributed by atoms with E-state index in [1.165, 1.54) is 16.9 Å². The van der Waals surface area contributed by atoms with Crippen molar-refractivity contribution in [1.82, 2.24) is 4.98 Å². The SMILES string of the molecule is Cc1ccc(NCc2nc(CC(=O)O)cs2)cc1. The van der Waals surface area contributed by atoms with Crippen LogP contribution in [0.2, 0.25) is 0 Å². The van der Waals surface area contributed by atoms with Gasteiger partial charge in [-0.2, -0.15) is 0 Å². The number of carbonyl (C=O) groups is 1.